The van der Waals surface area contributed by atoms with Crippen molar-refractivity contribution in [3.05, 3.63) is 89.1 Å². The molecule has 1 aliphatic carbocycles. The number of benzene rings is 2. The number of nitrogens with zero attached hydrogens (tertiary/aromatic N) is 2. The number of thiocarbonyl (C=S) groups is 1. The Morgan fingerprint density at radius 2 is 1.72 bits per heavy atom. The van der Waals surface area contributed by atoms with Crippen LogP contribution in [-0.4, -0.2) is 61.6 Å². The average molecular weight is 770 g/mol. The fourth-order valence-electron chi connectivity index (χ4n) is 6.94. The fourth-order valence-corrected chi connectivity index (χ4v) is 7.33. The van der Waals surface area contributed by atoms with E-state index in [0.717, 1.165) is 6.07 Å². The van der Waals surface area contributed by atoms with Crippen LogP contribution < -0.4 is 21.3 Å². The molecule has 290 valence electrons. The summed E-state index contributed by atoms with van der Waals surface area (Å²) in [4.78, 5) is 45.7. The zero-order valence-corrected chi connectivity index (χ0v) is 31.6. The second-order valence-electron chi connectivity index (χ2n) is 14.2. The quantitative estimate of drug-likeness (QED) is 0.0769. The summed E-state index contributed by atoms with van der Waals surface area (Å²) in [5.41, 5.74) is -1.35. The van der Waals surface area contributed by atoms with Crippen LogP contribution in [0.25, 0.3) is 10.9 Å². The first-order valence-corrected chi connectivity index (χ1v) is 18.7. The molecule has 5 rings (SSSR count). The number of aryl methyl sites for hydroxylation is 1. The largest absolute Gasteiger partial charge is 0.418 e. The maximum Gasteiger partial charge on any atom is 0.418 e. The van der Waals surface area contributed by atoms with E-state index in [9.17, 15) is 31.9 Å². The number of alkyl halides is 3. The van der Waals surface area contributed by atoms with Gasteiger partial charge in [-0.3, -0.25) is 19.1 Å². The third kappa shape index (κ3) is 9.11. The summed E-state index contributed by atoms with van der Waals surface area (Å²) in [7, 11) is 0. The van der Waals surface area contributed by atoms with Gasteiger partial charge in [0.2, 0.25) is 17.7 Å². The van der Waals surface area contributed by atoms with Gasteiger partial charge in [-0.25, -0.2) is 4.39 Å². The SMILES string of the molecule is CCC(C)[C@H](NC(=O)Cc1ccccc1F)C(=O)N[C@]1(C(=O)NC(C(=S)NCCn2cccn2)[C@@H](C)CC)CCc2[nH]c3c(C(F)(F)F)cccc3c2C1. The molecule has 1 aliphatic rings. The number of carbonyl (C=O) groups excluding carboxylic acids is 3. The molecule has 54 heavy (non-hydrogen) atoms. The van der Waals surface area contributed by atoms with E-state index >= 15 is 0 Å². The van der Waals surface area contributed by atoms with Crippen molar-refractivity contribution in [3.8, 4) is 0 Å². The number of aromatic amines is 1. The normalized spacial score (nSPS) is 17.9. The fraction of sp³-hybridized carbons (Fsp3) is 0.462. The summed E-state index contributed by atoms with van der Waals surface area (Å²) in [6.45, 7) is 8.50. The molecule has 0 spiro atoms. The summed E-state index contributed by atoms with van der Waals surface area (Å²) in [5, 5.41) is 16.6. The molecule has 0 saturated carbocycles. The van der Waals surface area contributed by atoms with Gasteiger partial charge < -0.3 is 26.3 Å². The number of nitrogens with one attached hydrogen (secondary N) is 5. The van der Waals surface area contributed by atoms with Crippen molar-refractivity contribution in [2.45, 2.75) is 96.6 Å². The van der Waals surface area contributed by atoms with Crippen molar-refractivity contribution in [2.24, 2.45) is 11.8 Å². The van der Waals surface area contributed by atoms with Gasteiger partial charge in [0, 0.05) is 36.4 Å². The summed E-state index contributed by atoms with van der Waals surface area (Å²) in [6.07, 6.45) is -0.214. The van der Waals surface area contributed by atoms with Crippen LogP contribution in [0.1, 0.15) is 69.3 Å². The van der Waals surface area contributed by atoms with Gasteiger partial charge in [0.1, 0.15) is 17.4 Å². The second-order valence-corrected chi connectivity index (χ2v) is 14.6. The molecule has 0 radical (unpaired) electrons. The third-order valence-electron chi connectivity index (χ3n) is 10.5. The zero-order chi connectivity index (χ0) is 39.2. The smallest absolute Gasteiger partial charge is 0.376 e. The number of para-hydroxylation sites is 1. The van der Waals surface area contributed by atoms with Crippen LogP contribution in [0.3, 0.4) is 0 Å². The first-order valence-electron chi connectivity index (χ1n) is 18.3. The maximum absolute atomic E-state index is 14.8. The van der Waals surface area contributed by atoms with E-state index < -0.39 is 58.8 Å². The highest BCUT2D eigenvalue weighted by atomic mass is 32.1. The van der Waals surface area contributed by atoms with Gasteiger partial charge in [-0.1, -0.05) is 83.1 Å². The highest BCUT2D eigenvalue weighted by Gasteiger charge is 2.47. The van der Waals surface area contributed by atoms with Crippen LogP contribution in [0.15, 0.2) is 60.9 Å². The van der Waals surface area contributed by atoms with Gasteiger partial charge in [-0.2, -0.15) is 18.3 Å². The zero-order valence-electron chi connectivity index (χ0n) is 30.8. The Balaban J connectivity index is 1.47. The minimum atomic E-state index is -4.62. The van der Waals surface area contributed by atoms with E-state index in [4.69, 9.17) is 12.2 Å². The van der Waals surface area contributed by atoms with Gasteiger partial charge >= 0.3 is 6.18 Å². The molecular weight excluding hydrogens is 723 g/mol. The van der Waals surface area contributed by atoms with E-state index in [1.54, 1.807) is 29.9 Å². The lowest BCUT2D eigenvalue weighted by molar-refractivity contribution is -0.137. The maximum atomic E-state index is 14.8. The first kappa shape index (κ1) is 40.4. The van der Waals surface area contributed by atoms with Crippen molar-refractivity contribution < 1.29 is 31.9 Å². The molecule has 0 aliphatic heterocycles. The molecule has 2 aromatic heterocycles. The standard InChI is InChI=1S/C39H47F4N7O3S/c1-5-23(3)32(47-31(51)21-25-11-7-8-14-29(25)40)35(52)49-38(16-15-30-27(22-38)26-12-9-13-28(34(26)46-30)39(41,42)43)37(53)48-33(24(4)6-2)36(54)44-18-20-50-19-10-17-45-50/h7-14,17,19,23-24,32-33,46H,5-6,15-16,18,20-22H2,1-4H3,(H,44,54)(H,47,51)(H,48,53)(H,49,52)/t23?,24-,32-,33?,38+/m0/s1. The number of aromatic nitrogens is 3. The lowest BCUT2D eigenvalue weighted by Gasteiger charge is -2.40. The number of rotatable bonds is 15. The van der Waals surface area contributed by atoms with Crippen LogP contribution in [-0.2, 0) is 46.4 Å². The molecule has 0 fully saturated rings. The molecule has 3 amide bonds. The van der Waals surface area contributed by atoms with Crippen LogP contribution >= 0.6 is 12.2 Å². The van der Waals surface area contributed by atoms with Crippen LogP contribution in [0.2, 0.25) is 0 Å². The van der Waals surface area contributed by atoms with Gasteiger partial charge in [-0.15, -0.1) is 0 Å². The molecule has 2 aromatic carbocycles. The molecule has 2 unspecified atom stereocenters. The topological polar surface area (TPSA) is 133 Å². The molecule has 10 nitrogen and oxygen atoms in total. The summed E-state index contributed by atoms with van der Waals surface area (Å²) in [6, 6.07) is 9.82. The van der Waals surface area contributed by atoms with Gasteiger partial charge in [0.15, 0.2) is 0 Å². The van der Waals surface area contributed by atoms with Gasteiger partial charge in [0.05, 0.1) is 35.1 Å². The molecule has 0 saturated heterocycles. The first-order chi connectivity index (χ1) is 25.7. The van der Waals surface area contributed by atoms with Gasteiger partial charge in [0.25, 0.3) is 0 Å². The summed E-state index contributed by atoms with van der Waals surface area (Å²) < 4.78 is 58.4. The Morgan fingerprint density at radius 3 is 2.39 bits per heavy atom. The van der Waals surface area contributed by atoms with Gasteiger partial charge in [-0.05, 0) is 54.0 Å². The highest BCUT2D eigenvalue weighted by Crippen LogP contribution is 2.40. The van der Waals surface area contributed by atoms with E-state index in [1.165, 1.54) is 24.3 Å². The lowest BCUT2D eigenvalue weighted by Crippen LogP contribution is -2.67. The number of H-pyrrole nitrogens is 1. The summed E-state index contributed by atoms with van der Waals surface area (Å²) >= 11 is 5.79. The number of halogens is 4. The Hall–Kier alpha value is -4.79. The molecule has 15 heteroatoms. The van der Waals surface area contributed by atoms with E-state index in [0.29, 0.717) is 47.6 Å². The molecular formula is C39H47F4N7O3S. The minimum absolute atomic E-state index is 0.0505. The van der Waals surface area contributed by atoms with Crippen LogP contribution in [0.4, 0.5) is 17.6 Å². The van der Waals surface area contributed by atoms with Crippen molar-refractivity contribution in [3.63, 3.8) is 0 Å². The van der Waals surface area contributed by atoms with E-state index in [2.05, 4.69) is 31.3 Å². The number of carbonyl (C=O) groups is 3. The van der Waals surface area contributed by atoms with E-state index in [-0.39, 0.29) is 42.7 Å². The highest BCUT2D eigenvalue weighted by molar-refractivity contribution is 7.80. The molecule has 0 bridgehead atoms. The predicted molar refractivity (Wildman–Crippen MR) is 202 cm³/mol. The third-order valence-corrected chi connectivity index (χ3v) is 10.9. The molecule has 5 N–H and O–H groups in total. The predicted octanol–water partition coefficient (Wildman–Crippen LogP) is 5.79. The Labute approximate surface area is 317 Å². The minimum Gasteiger partial charge on any atom is -0.376 e. The molecule has 5 atom stereocenters. The molecule has 4 aromatic rings. The number of hydrogen-bond acceptors (Lipinski definition) is 5. The number of amides is 3. The monoisotopic (exact) mass is 769 g/mol. The second kappa shape index (κ2) is 17.1. The van der Waals surface area contributed by atoms with Crippen LogP contribution in [0.5, 0.6) is 0 Å². The lowest BCUT2D eigenvalue weighted by atomic mass is 9.78. The van der Waals surface area contributed by atoms with Crippen LogP contribution in [0, 0.1) is 17.7 Å². The molecule has 2 heterocycles. The summed E-state index contributed by atoms with van der Waals surface area (Å²) in [5.74, 6) is -2.84. The Morgan fingerprint density at radius 1 is 1.00 bits per heavy atom. The van der Waals surface area contributed by atoms with Crippen molar-refractivity contribution in [1.29, 1.82) is 0 Å². The Kier molecular flexibility index (Phi) is 12.8. The van der Waals surface area contributed by atoms with Crippen molar-refractivity contribution >= 4 is 45.8 Å². The van der Waals surface area contributed by atoms with E-state index in [1.807, 2.05) is 33.0 Å². The average Bonchev–Trinajstić information content (AvgIpc) is 3.80. The number of hydrogen-bond donors (Lipinski definition) is 5. The number of fused-ring (bicyclic) bond motifs is 3. The van der Waals surface area contributed by atoms with Crippen molar-refractivity contribution in [2.75, 3.05) is 6.54 Å². The van der Waals surface area contributed by atoms with Crippen molar-refractivity contribution in [1.82, 2.24) is 36.0 Å². The Bertz CT molecular complexity index is 1960.